The van der Waals surface area contributed by atoms with E-state index >= 15 is 0 Å². The zero-order valence-electron chi connectivity index (χ0n) is 11.6. The number of rotatable bonds is 7. The van der Waals surface area contributed by atoms with Crippen molar-refractivity contribution < 1.29 is 0 Å². The molecule has 96 valence electrons. The van der Waals surface area contributed by atoms with Crippen molar-refractivity contribution in [2.45, 2.75) is 47.2 Å². The Kier molecular flexibility index (Phi) is 5.42. The highest BCUT2D eigenvalue weighted by Gasteiger charge is 2.05. The summed E-state index contributed by atoms with van der Waals surface area (Å²) >= 11 is 0. The van der Waals surface area contributed by atoms with Crippen molar-refractivity contribution in [3.8, 4) is 0 Å². The lowest BCUT2D eigenvalue weighted by Crippen LogP contribution is -2.19. The van der Waals surface area contributed by atoms with Crippen LogP contribution in [-0.4, -0.2) is 16.3 Å². The number of aromatic nitrogens is 2. The van der Waals surface area contributed by atoms with Crippen LogP contribution in [-0.2, 0) is 13.1 Å². The molecule has 1 aromatic rings. The van der Waals surface area contributed by atoms with Gasteiger partial charge in [0.25, 0.3) is 0 Å². The molecule has 1 heterocycles. The highest BCUT2D eigenvalue weighted by atomic mass is 15.3. The molecule has 0 fully saturated rings. The molecule has 1 N–H and O–H groups in total. The Bertz CT molecular complexity index is 364. The Hall–Kier alpha value is -1.09. The van der Waals surface area contributed by atoms with Crippen LogP contribution in [0.25, 0.3) is 0 Å². The third-order valence-electron chi connectivity index (χ3n) is 2.82. The molecule has 0 atom stereocenters. The van der Waals surface area contributed by atoms with E-state index in [-0.39, 0.29) is 0 Å². The van der Waals surface area contributed by atoms with Crippen molar-refractivity contribution in [2.24, 2.45) is 5.92 Å². The Morgan fingerprint density at radius 1 is 1.53 bits per heavy atom. The first-order valence-corrected chi connectivity index (χ1v) is 6.37. The fourth-order valence-corrected chi connectivity index (χ4v) is 1.68. The van der Waals surface area contributed by atoms with Gasteiger partial charge >= 0.3 is 0 Å². The number of nitrogens with zero attached hydrogens (tertiary/aromatic N) is 2. The van der Waals surface area contributed by atoms with Crippen LogP contribution in [0.3, 0.4) is 0 Å². The zero-order valence-corrected chi connectivity index (χ0v) is 11.6. The highest BCUT2D eigenvalue weighted by Crippen LogP contribution is 2.09. The van der Waals surface area contributed by atoms with E-state index in [1.54, 1.807) is 0 Å². The second kappa shape index (κ2) is 6.60. The van der Waals surface area contributed by atoms with Crippen LogP contribution in [0, 0.1) is 12.8 Å². The van der Waals surface area contributed by atoms with E-state index in [2.05, 4.69) is 49.4 Å². The quantitative estimate of drug-likeness (QED) is 0.736. The summed E-state index contributed by atoms with van der Waals surface area (Å²) in [6, 6.07) is 0. The Morgan fingerprint density at radius 2 is 2.24 bits per heavy atom. The lowest BCUT2D eigenvalue weighted by atomic mass is 10.2. The summed E-state index contributed by atoms with van der Waals surface area (Å²) in [5.74, 6) is 0.689. The van der Waals surface area contributed by atoms with Gasteiger partial charge in [0.05, 0.1) is 6.20 Å². The van der Waals surface area contributed by atoms with Crippen LogP contribution in [0.4, 0.5) is 0 Å². The van der Waals surface area contributed by atoms with Crippen molar-refractivity contribution in [3.05, 3.63) is 29.6 Å². The van der Waals surface area contributed by atoms with Crippen molar-refractivity contribution in [1.29, 1.82) is 0 Å². The standard InChI is InChI=1S/C14H25N3/c1-11(2)6-7-17-13(5)14(10-16-17)9-15-8-12(3)4/h10,12,15H,1,6-9H2,2-5H3. The first-order valence-electron chi connectivity index (χ1n) is 6.37. The van der Waals surface area contributed by atoms with E-state index in [1.165, 1.54) is 16.8 Å². The molecule has 3 heteroatoms. The van der Waals surface area contributed by atoms with Crippen LogP contribution < -0.4 is 5.32 Å². The van der Waals surface area contributed by atoms with Crippen LogP contribution in [0.1, 0.15) is 38.4 Å². The predicted molar refractivity (Wildman–Crippen MR) is 72.9 cm³/mol. The second-order valence-electron chi connectivity index (χ2n) is 5.21. The fraction of sp³-hybridized carbons (Fsp3) is 0.643. The van der Waals surface area contributed by atoms with Crippen LogP contribution >= 0.6 is 0 Å². The van der Waals surface area contributed by atoms with Crippen molar-refractivity contribution >= 4 is 0 Å². The number of hydrogen-bond acceptors (Lipinski definition) is 2. The SMILES string of the molecule is C=C(C)CCn1ncc(CNCC(C)C)c1C. The molecule has 0 aliphatic carbocycles. The Labute approximate surface area is 105 Å². The maximum absolute atomic E-state index is 4.42. The van der Waals surface area contributed by atoms with Crippen LogP contribution in [0.2, 0.25) is 0 Å². The third kappa shape index (κ3) is 4.73. The lowest BCUT2D eigenvalue weighted by Gasteiger charge is -2.08. The van der Waals surface area contributed by atoms with Gasteiger partial charge in [0.1, 0.15) is 0 Å². The molecule has 1 rings (SSSR count). The summed E-state index contributed by atoms with van der Waals surface area (Å²) in [7, 11) is 0. The van der Waals surface area contributed by atoms with Gasteiger partial charge in [-0.3, -0.25) is 4.68 Å². The molecule has 0 saturated carbocycles. The smallest absolute Gasteiger partial charge is 0.0537 e. The third-order valence-corrected chi connectivity index (χ3v) is 2.82. The van der Waals surface area contributed by atoms with E-state index in [0.717, 1.165) is 26.1 Å². The molecule has 17 heavy (non-hydrogen) atoms. The van der Waals surface area contributed by atoms with Gasteiger partial charge in [0.2, 0.25) is 0 Å². The summed E-state index contributed by atoms with van der Waals surface area (Å²) < 4.78 is 2.07. The topological polar surface area (TPSA) is 29.9 Å². The Morgan fingerprint density at radius 3 is 2.82 bits per heavy atom. The first kappa shape index (κ1) is 14.0. The monoisotopic (exact) mass is 235 g/mol. The van der Waals surface area contributed by atoms with Crippen LogP contribution in [0.5, 0.6) is 0 Å². The van der Waals surface area contributed by atoms with Crippen molar-refractivity contribution in [1.82, 2.24) is 15.1 Å². The number of nitrogens with one attached hydrogen (secondary N) is 1. The number of aryl methyl sites for hydroxylation is 1. The molecular formula is C14H25N3. The van der Waals surface area contributed by atoms with E-state index in [9.17, 15) is 0 Å². The normalized spacial score (nSPS) is 11.1. The molecule has 0 aromatic carbocycles. The number of allylic oxidation sites excluding steroid dienone is 1. The van der Waals surface area contributed by atoms with Gasteiger partial charge in [-0.15, -0.1) is 6.58 Å². The average molecular weight is 235 g/mol. The van der Waals surface area contributed by atoms with E-state index in [0.29, 0.717) is 5.92 Å². The van der Waals surface area contributed by atoms with Gasteiger partial charge in [0.15, 0.2) is 0 Å². The molecule has 0 aliphatic heterocycles. The summed E-state index contributed by atoms with van der Waals surface area (Å²) in [6.07, 6.45) is 2.97. The zero-order chi connectivity index (χ0) is 12.8. The Balaban J connectivity index is 2.48. The van der Waals surface area contributed by atoms with Gasteiger partial charge in [-0.1, -0.05) is 19.4 Å². The first-order chi connectivity index (χ1) is 8.00. The number of hydrogen-bond donors (Lipinski definition) is 1. The molecule has 0 spiro atoms. The lowest BCUT2D eigenvalue weighted by molar-refractivity contribution is 0.549. The summed E-state index contributed by atoms with van der Waals surface area (Å²) in [5.41, 5.74) is 3.77. The summed E-state index contributed by atoms with van der Waals surface area (Å²) in [5, 5.41) is 7.87. The van der Waals surface area contributed by atoms with Crippen molar-refractivity contribution in [2.75, 3.05) is 6.54 Å². The minimum Gasteiger partial charge on any atom is -0.312 e. The molecule has 0 unspecified atom stereocenters. The van der Waals surface area contributed by atoms with Crippen LogP contribution in [0.15, 0.2) is 18.3 Å². The van der Waals surface area contributed by atoms with Gasteiger partial charge < -0.3 is 5.32 Å². The minimum absolute atomic E-state index is 0.689. The largest absolute Gasteiger partial charge is 0.312 e. The molecule has 0 radical (unpaired) electrons. The fourth-order valence-electron chi connectivity index (χ4n) is 1.68. The van der Waals surface area contributed by atoms with Gasteiger partial charge in [-0.2, -0.15) is 5.10 Å². The highest BCUT2D eigenvalue weighted by molar-refractivity contribution is 5.15. The average Bonchev–Trinajstić information content (AvgIpc) is 2.57. The minimum atomic E-state index is 0.689. The van der Waals surface area contributed by atoms with E-state index in [1.807, 2.05) is 6.20 Å². The molecule has 3 nitrogen and oxygen atoms in total. The maximum Gasteiger partial charge on any atom is 0.0537 e. The second-order valence-corrected chi connectivity index (χ2v) is 5.21. The molecule has 0 saturated heterocycles. The van der Waals surface area contributed by atoms with Gasteiger partial charge in [-0.05, 0) is 32.7 Å². The maximum atomic E-state index is 4.42. The molecule has 0 bridgehead atoms. The molecule has 1 aromatic heterocycles. The molecule has 0 amide bonds. The summed E-state index contributed by atoms with van der Waals surface area (Å²) in [4.78, 5) is 0. The molecule has 0 aliphatic rings. The predicted octanol–water partition coefficient (Wildman–Crippen LogP) is 2.90. The molecular weight excluding hydrogens is 210 g/mol. The van der Waals surface area contributed by atoms with Crippen molar-refractivity contribution in [3.63, 3.8) is 0 Å². The van der Waals surface area contributed by atoms with E-state index in [4.69, 9.17) is 0 Å². The summed E-state index contributed by atoms with van der Waals surface area (Å²) in [6.45, 7) is 15.5. The van der Waals surface area contributed by atoms with E-state index < -0.39 is 0 Å². The van der Waals surface area contributed by atoms with Gasteiger partial charge in [-0.25, -0.2) is 0 Å². The van der Waals surface area contributed by atoms with Gasteiger partial charge in [0, 0.05) is 24.3 Å².